The van der Waals surface area contributed by atoms with Crippen LogP contribution in [0.3, 0.4) is 0 Å². The number of nitrogens with one attached hydrogen (secondary N) is 2. The van der Waals surface area contributed by atoms with E-state index < -0.39 is 0 Å². The lowest BCUT2D eigenvalue weighted by atomic mass is 10.1. The van der Waals surface area contributed by atoms with E-state index >= 15 is 0 Å². The van der Waals surface area contributed by atoms with Crippen LogP contribution >= 0.6 is 0 Å². The Bertz CT molecular complexity index is 820. The highest BCUT2D eigenvalue weighted by Gasteiger charge is 2.48. The molecule has 4 aliphatic carbocycles. The van der Waals surface area contributed by atoms with E-state index in [1.54, 1.807) is 0 Å². The molecule has 4 unspecified atom stereocenters. The summed E-state index contributed by atoms with van der Waals surface area (Å²) >= 11 is 0. The Balaban J connectivity index is 0.000000555. The van der Waals surface area contributed by atoms with Gasteiger partial charge >= 0.3 is 0 Å². The minimum Gasteiger partial charge on any atom is -0.471 e. The molecule has 2 fully saturated rings. The lowest BCUT2D eigenvalue weighted by Crippen LogP contribution is -2.33. The molecule has 0 aromatic rings. The predicted octanol–water partition coefficient (Wildman–Crippen LogP) is 2.11. The van der Waals surface area contributed by atoms with Gasteiger partial charge in [0.2, 0.25) is 6.41 Å². The summed E-state index contributed by atoms with van der Waals surface area (Å²) in [6.07, 6.45) is 12.2. The lowest BCUT2D eigenvalue weighted by molar-refractivity contribution is -0.130. The van der Waals surface area contributed by atoms with E-state index in [2.05, 4.69) is 48.7 Å². The lowest BCUT2D eigenvalue weighted by Gasteiger charge is -2.15. The predicted molar refractivity (Wildman–Crippen MR) is 175 cm³/mol. The number of hydrogen-bond donors (Lipinski definition) is 3. The summed E-state index contributed by atoms with van der Waals surface area (Å²) in [5, 5.41) is 13.9. The molecule has 1 amide bonds. The zero-order valence-electron chi connectivity index (χ0n) is 28.1. The van der Waals surface area contributed by atoms with Crippen molar-refractivity contribution in [3.8, 4) is 23.7 Å². The summed E-state index contributed by atoms with van der Waals surface area (Å²) in [6.45, 7) is 6.22. The molecule has 0 aliphatic heterocycles. The van der Waals surface area contributed by atoms with Crippen LogP contribution in [0, 0.1) is 53.3 Å². The van der Waals surface area contributed by atoms with Crippen molar-refractivity contribution in [3.05, 3.63) is 0 Å². The van der Waals surface area contributed by atoms with Crippen molar-refractivity contribution >= 4 is 19.4 Å². The van der Waals surface area contributed by atoms with Gasteiger partial charge in [0.05, 0.1) is 26.9 Å². The summed E-state index contributed by atoms with van der Waals surface area (Å²) in [4.78, 5) is 30.5. The molecule has 2 saturated carbocycles. The zero-order chi connectivity index (χ0) is 33.4. The summed E-state index contributed by atoms with van der Waals surface area (Å²) in [7, 11) is 7.08. The first-order valence-electron chi connectivity index (χ1n) is 16.1. The molecule has 0 bridgehead atoms. The normalized spacial score (nSPS) is 22.8. The van der Waals surface area contributed by atoms with Gasteiger partial charge in [-0.2, -0.15) is 0 Å². The smallest absolute Gasteiger partial charge is 0.293 e. The standard InChI is InChI=1S/C11H16O.C9H12.C7H17N3O.C5H10O4.C2H4O2/c1-12-8-11-9-6-4-2-3-5-7-10(9)11;1-2-4-6-9-7-8(9)5-3-1;1-8-3-5-10(2)6-4-9-7-11;6-1-2-8-3-4-9-5-7;1-4-2-3/h9-11H,4-8H2,1H3;8-9H,3-7H2;7-8H,3-6H2,1-2H3,(H,9,11);5-6H,1-4H2;2H,1H3. The summed E-state index contributed by atoms with van der Waals surface area (Å²) < 4.78 is 18.1. The van der Waals surface area contributed by atoms with Crippen LogP contribution < -0.4 is 10.6 Å². The van der Waals surface area contributed by atoms with Gasteiger partial charge in [-0.3, -0.25) is 14.4 Å². The fourth-order valence-corrected chi connectivity index (χ4v) is 5.23. The molecule has 0 aromatic heterocycles. The number of likely N-dealkylation sites (N-methyl/N-ethyl adjacent to an activating group) is 2. The molecule has 3 N–H and O–H groups in total. The molecule has 0 saturated heterocycles. The Morgan fingerprint density at radius 3 is 1.84 bits per heavy atom. The molecule has 11 nitrogen and oxygen atoms in total. The fourth-order valence-electron chi connectivity index (χ4n) is 5.23. The van der Waals surface area contributed by atoms with Gasteiger partial charge in [0, 0.05) is 65.6 Å². The third-order valence-electron chi connectivity index (χ3n) is 7.88. The highest BCUT2D eigenvalue weighted by atomic mass is 16.5. The number of nitrogens with zero attached hydrogens (tertiary/aromatic N) is 1. The van der Waals surface area contributed by atoms with Crippen LogP contribution in [0.4, 0.5) is 0 Å². The second-order valence-electron chi connectivity index (χ2n) is 11.2. The Morgan fingerprint density at radius 2 is 1.38 bits per heavy atom. The van der Waals surface area contributed by atoms with Crippen LogP contribution in [-0.2, 0) is 33.3 Å². The highest BCUT2D eigenvalue weighted by Crippen LogP contribution is 2.52. The van der Waals surface area contributed by atoms with Crippen LogP contribution in [-0.4, -0.2) is 117 Å². The minimum atomic E-state index is 0.00108. The van der Waals surface area contributed by atoms with Crippen molar-refractivity contribution in [2.75, 3.05) is 87.5 Å². The second-order valence-corrected chi connectivity index (χ2v) is 11.2. The molecule has 0 heterocycles. The van der Waals surface area contributed by atoms with Crippen molar-refractivity contribution in [2.45, 2.75) is 57.8 Å². The maximum atomic E-state index is 9.86. The number of aliphatic hydroxyl groups excluding tert-OH is 1. The monoisotopic (exact) mass is 637 g/mol. The van der Waals surface area contributed by atoms with Crippen LogP contribution in [0.1, 0.15) is 57.8 Å². The topological polar surface area (TPSA) is 136 Å². The van der Waals surface area contributed by atoms with Crippen LogP contribution in [0.25, 0.3) is 0 Å². The van der Waals surface area contributed by atoms with Gasteiger partial charge in [-0.25, -0.2) is 0 Å². The van der Waals surface area contributed by atoms with E-state index in [0.29, 0.717) is 26.2 Å². The van der Waals surface area contributed by atoms with Crippen molar-refractivity contribution < 1.29 is 38.4 Å². The molecule has 0 spiro atoms. The summed E-state index contributed by atoms with van der Waals surface area (Å²) in [5.74, 6) is 17.7. The van der Waals surface area contributed by atoms with Crippen LogP contribution in [0.5, 0.6) is 0 Å². The van der Waals surface area contributed by atoms with Crippen molar-refractivity contribution in [1.82, 2.24) is 15.5 Å². The highest BCUT2D eigenvalue weighted by molar-refractivity contribution is 5.45. The first-order valence-corrected chi connectivity index (χ1v) is 16.1. The average Bonchev–Trinajstić information content (AvgIpc) is 3.93. The SMILES string of the molecule is C1#CCCC2CC2CC1.CNCCN(C)CCNC=O.COC=O.COCC1C2CCC#CCCC21.O=COCCOCCO. The fraction of sp³-hybridized carbons (Fsp3) is 0.794. The van der Waals surface area contributed by atoms with Crippen LogP contribution in [0.2, 0.25) is 0 Å². The number of amides is 1. The molecule has 0 radical (unpaired) electrons. The molecule has 11 heteroatoms. The second kappa shape index (κ2) is 31.3. The molecule has 0 aromatic carbocycles. The molecule has 258 valence electrons. The van der Waals surface area contributed by atoms with E-state index in [4.69, 9.17) is 19.4 Å². The quantitative estimate of drug-likeness (QED) is 0.131. The molecular weight excluding hydrogens is 578 g/mol. The van der Waals surface area contributed by atoms with Crippen molar-refractivity contribution in [1.29, 1.82) is 0 Å². The molecular formula is C34H59N3O8. The zero-order valence-corrected chi connectivity index (χ0v) is 28.1. The van der Waals surface area contributed by atoms with Gasteiger partial charge in [-0.15, -0.1) is 23.7 Å². The van der Waals surface area contributed by atoms with Crippen molar-refractivity contribution in [2.24, 2.45) is 29.6 Å². The number of aliphatic hydroxyl groups is 1. The van der Waals surface area contributed by atoms with Gasteiger partial charge in [0.15, 0.2) is 0 Å². The number of ether oxygens (including phenoxy) is 4. The Labute approximate surface area is 271 Å². The third kappa shape index (κ3) is 25.2. The minimum absolute atomic E-state index is 0.00108. The van der Waals surface area contributed by atoms with Gasteiger partial charge in [0.1, 0.15) is 6.61 Å². The van der Waals surface area contributed by atoms with E-state index in [-0.39, 0.29) is 13.2 Å². The summed E-state index contributed by atoms with van der Waals surface area (Å²) in [5.41, 5.74) is 0. The van der Waals surface area contributed by atoms with E-state index in [9.17, 15) is 9.59 Å². The molecule has 4 rings (SSSR count). The van der Waals surface area contributed by atoms with E-state index in [0.717, 1.165) is 81.6 Å². The maximum Gasteiger partial charge on any atom is 0.293 e. The third-order valence-corrected chi connectivity index (χ3v) is 7.88. The molecule has 4 aliphatic rings. The van der Waals surface area contributed by atoms with Crippen LogP contribution in [0.15, 0.2) is 0 Å². The molecule has 4 atom stereocenters. The first-order chi connectivity index (χ1) is 22.0. The van der Waals surface area contributed by atoms with E-state index in [1.165, 1.54) is 52.1 Å². The Hall–Kier alpha value is -2.67. The maximum absolute atomic E-state index is 9.86. The van der Waals surface area contributed by atoms with Gasteiger partial charge < -0.3 is 39.6 Å². The number of carbonyl (C=O) groups excluding carboxylic acids is 3. The number of methoxy groups -OCH3 is 2. The average molecular weight is 638 g/mol. The van der Waals surface area contributed by atoms with Gasteiger partial charge in [-0.05, 0) is 75.8 Å². The number of fused-ring (bicyclic) bond motifs is 2. The summed E-state index contributed by atoms with van der Waals surface area (Å²) in [6, 6.07) is 0. The van der Waals surface area contributed by atoms with Gasteiger partial charge in [-0.1, -0.05) is 0 Å². The van der Waals surface area contributed by atoms with E-state index in [1.807, 2.05) is 21.2 Å². The Morgan fingerprint density at radius 1 is 0.822 bits per heavy atom. The number of rotatable bonds is 16. The number of carbonyl (C=O) groups is 3. The van der Waals surface area contributed by atoms with Crippen molar-refractivity contribution in [3.63, 3.8) is 0 Å². The Kier molecular flexibility index (Phi) is 29.5. The first kappa shape index (κ1) is 42.3. The largest absolute Gasteiger partial charge is 0.471 e. The number of hydrogen-bond acceptors (Lipinski definition) is 10. The van der Waals surface area contributed by atoms with Gasteiger partial charge in [0.25, 0.3) is 12.9 Å². The molecule has 45 heavy (non-hydrogen) atoms.